The molecule has 0 bridgehead atoms. The number of carboxylic acid groups (broad SMARTS) is 1. The molecule has 16 heavy (non-hydrogen) atoms. The van der Waals surface area contributed by atoms with Gasteiger partial charge in [0.25, 0.3) is 0 Å². The van der Waals surface area contributed by atoms with E-state index in [4.69, 9.17) is 5.11 Å². The van der Waals surface area contributed by atoms with E-state index >= 15 is 0 Å². The van der Waals surface area contributed by atoms with Crippen molar-refractivity contribution in [2.75, 3.05) is 11.5 Å². The van der Waals surface area contributed by atoms with E-state index in [1.807, 2.05) is 6.92 Å². The molecular formula is C11H21NO3S. The molecule has 5 heteroatoms. The van der Waals surface area contributed by atoms with Crippen molar-refractivity contribution in [3.8, 4) is 0 Å². The third-order valence-electron chi connectivity index (χ3n) is 1.88. The summed E-state index contributed by atoms with van der Waals surface area (Å²) in [6.07, 6.45) is 0.580. The number of hydrogen-bond acceptors (Lipinski definition) is 3. The van der Waals surface area contributed by atoms with Crippen molar-refractivity contribution >= 4 is 23.6 Å². The molecule has 0 heterocycles. The van der Waals surface area contributed by atoms with Crippen LogP contribution in [0, 0.1) is 5.92 Å². The topological polar surface area (TPSA) is 66.4 Å². The lowest BCUT2D eigenvalue weighted by molar-refractivity contribution is -0.137. The summed E-state index contributed by atoms with van der Waals surface area (Å²) in [5.74, 6) is 1.17. The van der Waals surface area contributed by atoms with Crippen molar-refractivity contribution < 1.29 is 14.7 Å². The lowest BCUT2D eigenvalue weighted by Gasteiger charge is -2.12. The summed E-state index contributed by atoms with van der Waals surface area (Å²) in [6, 6.07) is -0.0664. The lowest BCUT2D eigenvalue weighted by Crippen LogP contribution is -2.34. The Morgan fingerprint density at radius 1 is 1.31 bits per heavy atom. The van der Waals surface area contributed by atoms with E-state index in [2.05, 4.69) is 19.2 Å². The molecule has 1 amide bonds. The molecule has 1 atom stereocenters. The molecular weight excluding hydrogens is 226 g/mol. The zero-order chi connectivity index (χ0) is 12.6. The van der Waals surface area contributed by atoms with Gasteiger partial charge in [0.05, 0.1) is 5.75 Å². The maximum absolute atomic E-state index is 11.4. The first-order valence-corrected chi connectivity index (χ1v) is 6.66. The van der Waals surface area contributed by atoms with Crippen LogP contribution in [-0.4, -0.2) is 34.5 Å². The fraction of sp³-hybridized carbons (Fsp3) is 0.818. The molecule has 0 fully saturated rings. The Hall–Kier alpha value is -0.710. The average Bonchev–Trinajstić information content (AvgIpc) is 2.14. The van der Waals surface area contributed by atoms with Gasteiger partial charge < -0.3 is 10.4 Å². The van der Waals surface area contributed by atoms with Crippen LogP contribution < -0.4 is 5.32 Å². The number of rotatable bonds is 8. The average molecular weight is 247 g/mol. The van der Waals surface area contributed by atoms with Crippen LogP contribution in [0.5, 0.6) is 0 Å². The Morgan fingerprint density at radius 3 is 2.44 bits per heavy atom. The highest BCUT2D eigenvalue weighted by molar-refractivity contribution is 7.99. The van der Waals surface area contributed by atoms with E-state index in [1.165, 1.54) is 0 Å². The van der Waals surface area contributed by atoms with Crippen molar-refractivity contribution in [3.63, 3.8) is 0 Å². The van der Waals surface area contributed by atoms with Gasteiger partial charge in [-0.05, 0) is 25.0 Å². The summed E-state index contributed by atoms with van der Waals surface area (Å²) in [4.78, 5) is 21.7. The first-order chi connectivity index (χ1) is 7.41. The van der Waals surface area contributed by atoms with Gasteiger partial charge in [0.15, 0.2) is 0 Å². The summed E-state index contributed by atoms with van der Waals surface area (Å²) in [7, 11) is 0. The van der Waals surface area contributed by atoms with Gasteiger partial charge in [-0.1, -0.05) is 13.8 Å². The van der Waals surface area contributed by atoms with Gasteiger partial charge in [0.1, 0.15) is 0 Å². The summed E-state index contributed by atoms with van der Waals surface area (Å²) < 4.78 is 0. The molecule has 0 aliphatic carbocycles. The maximum atomic E-state index is 11.4. The molecule has 0 saturated carbocycles. The minimum absolute atomic E-state index is 0.0106. The second kappa shape index (κ2) is 8.44. The van der Waals surface area contributed by atoms with Gasteiger partial charge in [-0.25, -0.2) is 0 Å². The molecule has 0 aliphatic rings. The SMILES string of the molecule is CC(C)CSCC(=O)NC(C)CCC(=O)O. The number of hydrogen-bond donors (Lipinski definition) is 2. The van der Waals surface area contributed by atoms with Gasteiger partial charge in [0.2, 0.25) is 5.91 Å². The van der Waals surface area contributed by atoms with Gasteiger partial charge in [0, 0.05) is 12.5 Å². The summed E-state index contributed by atoms with van der Waals surface area (Å²) in [5.41, 5.74) is 0. The molecule has 4 nitrogen and oxygen atoms in total. The van der Waals surface area contributed by atoms with Gasteiger partial charge in [-0.3, -0.25) is 9.59 Å². The Balaban J connectivity index is 3.58. The maximum Gasteiger partial charge on any atom is 0.303 e. The molecule has 94 valence electrons. The van der Waals surface area contributed by atoms with Crippen molar-refractivity contribution in [1.29, 1.82) is 0 Å². The highest BCUT2D eigenvalue weighted by atomic mass is 32.2. The number of thioether (sulfide) groups is 1. The summed E-state index contributed by atoms with van der Waals surface area (Å²) >= 11 is 1.61. The number of amides is 1. The number of carboxylic acids is 1. The van der Waals surface area contributed by atoms with Crippen molar-refractivity contribution in [2.24, 2.45) is 5.92 Å². The zero-order valence-electron chi connectivity index (χ0n) is 10.2. The molecule has 0 aliphatic heterocycles. The van der Waals surface area contributed by atoms with Gasteiger partial charge in [-0.15, -0.1) is 0 Å². The van der Waals surface area contributed by atoms with E-state index in [0.717, 1.165) is 5.75 Å². The molecule has 0 saturated heterocycles. The molecule has 0 aromatic heterocycles. The minimum atomic E-state index is -0.824. The molecule has 0 radical (unpaired) electrons. The first kappa shape index (κ1) is 15.3. The van der Waals surface area contributed by atoms with Gasteiger partial charge >= 0.3 is 5.97 Å². The van der Waals surface area contributed by atoms with Crippen LogP contribution in [0.3, 0.4) is 0 Å². The largest absolute Gasteiger partial charge is 0.481 e. The van der Waals surface area contributed by atoms with Crippen LogP contribution in [0.4, 0.5) is 0 Å². The first-order valence-electron chi connectivity index (χ1n) is 5.50. The Morgan fingerprint density at radius 2 is 1.94 bits per heavy atom. The second-order valence-electron chi connectivity index (χ2n) is 4.31. The van der Waals surface area contributed by atoms with Crippen LogP contribution in [0.2, 0.25) is 0 Å². The number of carbonyl (C=O) groups excluding carboxylic acids is 1. The minimum Gasteiger partial charge on any atom is -0.481 e. The third kappa shape index (κ3) is 9.83. The number of carbonyl (C=O) groups is 2. The molecule has 0 rings (SSSR count). The predicted molar refractivity (Wildman–Crippen MR) is 66.6 cm³/mol. The molecule has 0 aromatic rings. The second-order valence-corrected chi connectivity index (χ2v) is 5.34. The predicted octanol–water partition coefficient (Wildman–Crippen LogP) is 1.75. The van der Waals surface area contributed by atoms with E-state index in [9.17, 15) is 9.59 Å². The highest BCUT2D eigenvalue weighted by Gasteiger charge is 2.09. The third-order valence-corrected chi connectivity index (χ3v) is 3.25. The van der Waals surface area contributed by atoms with Crippen LogP contribution in [-0.2, 0) is 9.59 Å². The molecule has 0 spiro atoms. The lowest BCUT2D eigenvalue weighted by atomic mass is 10.2. The summed E-state index contributed by atoms with van der Waals surface area (Å²) in [6.45, 7) is 6.05. The van der Waals surface area contributed by atoms with Crippen molar-refractivity contribution in [1.82, 2.24) is 5.32 Å². The zero-order valence-corrected chi connectivity index (χ0v) is 11.0. The Kier molecular flexibility index (Phi) is 8.07. The standard InChI is InChI=1S/C11H21NO3S/c1-8(2)6-16-7-10(13)12-9(3)4-5-11(14)15/h8-9H,4-7H2,1-3H3,(H,12,13)(H,14,15). The fourth-order valence-corrected chi connectivity index (χ4v) is 1.97. The van der Waals surface area contributed by atoms with Crippen LogP contribution in [0.1, 0.15) is 33.6 Å². The number of nitrogens with one attached hydrogen (secondary N) is 1. The Bertz CT molecular complexity index is 231. The van der Waals surface area contributed by atoms with E-state index in [-0.39, 0.29) is 18.4 Å². The van der Waals surface area contributed by atoms with Crippen molar-refractivity contribution in [2.45, 2.75) is 39.7 Å². The monoisotopic (exact) mass is 247 g/mol. The molecule has 2 N–H and O–H groups in total. The molecule has 0 aromatic carbocycles. The Labute approximate surface area is 101 Å². The highest BCUT2D eigenvalue weighted by Crippen LogP contribution is 2.07. The van der Waals surface area contributed by atoms with E-state index in [0.29, 0.717) is 18.1 Å². The smallest absolute Gasteiger partial charge is 0.303 e. The van der Waals surface area contributed by atoms with Crippen LogP contribution in [0.15, 0.2) is 0 Å². The summed E-state index contributed by atoms with van der Waals surface area (Å²) in [5, 5.41) is 11.3. The van der Waals surface area contributed by atoms with Gasteiger partial charge in [-0.2, -0.15) is 11.8 Å². The quantitative estimate of drug-likeness (QED) is 0.685. The number of aliphatic carboxylic acids is 1. The van der Waals surface area contributed by atoms with Crippen LogP contribution in [0.25, 0.3) is 0 Å². The fourth-order valence-electron chi connectivity index (χ4n) is 1.12. The van der Waals surface area contributed by atoms with Crippen molar-refractivity contribution in [3.05, 3.63) is 0 Å². The normalized spacial score (nSPS) is 12.5. The van der Waals surface area contributed by atoms with E-state index < -0.39 is 5.97 Å². The van der Waals surface area contributed by atoms with Crippen LogP contribution >= 0.6 is 11.8 Å². The van der Waals surface area contributed by atoms with E-state index in [1.54, 1.807) is 11.8 Å². The molecule has 1 unspecified atom stereocenters.